The monoisotopic (exact) mass is 322 g/mol. The van der Waals surface area contributed by atoms with Gasteiger partial charge in [0.15, 0.2) is 0 Å². The first-order valence-electron chi connectivity index (χ1n) is 8.21. The lowest BCUT2D eigenvalue weighted by molar-refractivity contribution is 0.252. The molecule has 0 saturated heterocycles. The molecule has 124 valence electrons. The first-order valence-corrected chi connectivity index (χ1v) is 8.21. The van der Waals surface area contributed by atoms with Crippen LogP contribution in [0.5, 0.6) is 0 Å². The maximum Gasteiger partial charge on any atom is 0.319 e. The molecule has 0 spiro atoms. The molecule has 5 nitrogen and oxygen atoms in total. The van der Waals surface area contributed by atoms with Gasteiger partial charge in [0.1, 0.15) is 5.65 Å². The molecule has 2 heterocycles. The molecular formula is C19H22N4O. The van der Waals surface area contributed by atoms with Gasteiger partial charge in [-0.1, -0.05) is 17.7 Å². The molecule has 2 amide bonds. The Bertz CT molecular complexity index is 836. The highest BCUT2D eigenvalue weighted by atomic mass is 16.2. The Labute approximate surface area is 141 Å². The molecule has 0 aliphatic carbocycles. The highest BCUT2D eigenvalue weighted by Crippen LogP contribution is 2.19. The highest BCUT2D eigenvalue weighted by Gasteiger charge is 2.08. The minimum Gasteiger partial charge on any atom is -0.338 e. The summed E-state index contributed by atoms with van der Waals surface area (Å²) in [6, 6.07) is 11.6. The summed E-state index contributed by atoms with van der Waals surface area (Å²) in [5, 5.41) is 6.90. The van der Waals surface area contributed by atoms with E-state index in [9.17, 15) is 4.79 Å². The van der Waals surface area contributed by atoms with Crippen LogP contribution in [-0.4, -0.2) is 22.1 Å². The summed E-state index contributed by atoms with van der Waals surface area (Å²) in [5.74, 6) is 0. The van der Waals surface area contributed by atoms with Gasteiger partial charge in [0.05, 0.1) is 0 Å². The summed E-state index contributed by atoms with van der Waals surface area (Å²) in [6.45, 7) is 5.58. The van der Waals surface area contributed by atoms with Crippen molar-refractivity contribution in [1.29, 1.82) is 0 Å². The number of hydrogen-bond donors (Lipinski definition) is 2. The number of nitrogens with zero attached hydrogens (tertiary/aromatic N) is 2. The number of rotatable bonds is 5. The molecule has 3 aromatic rings. The van der Waals surface area contributed by atoms with Gasteiger partial charge in [0, 0.05) is 36.6 Å². The molecule has 0 atom stereocenters. The van der Waals surface area contributed by atoms with Gasteiger partial charge in [-0.05, 0) is 50.1 Å². The van der Waals surface area contributed by atoms with Crippen LogP contribution in [0.1, 0.15) is 18.1 Å². The van der Waals surface area contributed by atoms with E-state index in [1.54, 1.807) is 0 Å². The Kier molecular flexibility index (Phi) is 4.79. The number of urea groups is 1. The van der Waals surface area contributed by atoms with E-state index in [2.05, 4.69) is 39.4 Å². The lowest BCUT2D eigenvalue weighted by Gasteiger charge is -2.07. The van der Waals surface area contributed by atoms with Gasteiger partial charge in [-0.25, -0.2) is 9.78 Å². The molecule has 5 heteroatoms. The Morgan fingerprint density at radius 3 is 2.75 bits per heavy atom. The zero-order valence-electron chi connectivity index (χ0n) is 14.0. The molecule has 0 fully saturated rings. The molecule has 3 rings (SSSR count). The van der Waals surface area contributed by atoms with Crippen LogP contribution in [-0.2, 0) is 13.0 Å². The van der Waals surface area contributed by atoms with Crippen LogP contribution in [0.3, 0.4) is 0 Å². The van der Waals surface area contributed by atoms with Crippen molar-refractivity contribution in [2.75, 3.05) is 11.9 Å². The normalized spacial score (nSPS) is 10.8. The lowest BCUT2D eigenvalue weighted by atomic mass is 10.1. The van der Waals surface area contributed by atoms with Gasteiger partial charge in [0.25, 0.3) is 0 Å². The predicted octanol–water partition coefficient (Wildman–Crippen LogP) is 3.73. The number of carbonyl (C=O) groups is 1. The second-order valence-electron chi connectivity index (χ2n) is 5.81. The second-order valence-corrected chi connectivity index (χ2v) is 5.81. The molecule has 0 radical (unpaired) electrons. The fraction of sp³-hybridized carbons (Fsp3) is 0.263. The third-order valence-electron chi connectivity index (χ3n) is 4.05. The molecule has 1 aromatic carbocycles. The van der Waals surface area contributed by atoms with Gasteiger partial charge in [-0.3, -0.25) is 0 Å². The van der Waals surface area contributed by atoms with E-state index in [0.717, 1.165) is 29.7 Å². The van der Waals surface area contributed by atoms with Crippen molar-refractivity contribution >= 4 is 22.8 Å². The average molecular weight is 322 g/mol. The summed E-state index contributed by atoms with van der Waals surface area (Å²) in [4.78, 5) is 16.4. The number of aryl methyl sites for hydroxylation is 2. The number of hydrogen-bond acceptors (Lipinski definition) is 2. The number of pyridine rings is 1. The quantitative estimate of drug-likeness (QED) is 0.752. The van der Waals surface area contributed by atoms with E-state index in [-0.39, 0.29) is 6.03 Å². The Balaban J connectivity index is 1.58. The third kappa shape index (κ3) is 3.56. The van der Waals surface area contributed by atoms with E-state index in [1.807, 2.05) is 43.5 Å². The zero-order chi connectivity index (χ0) is 16.9. The van der Waals surface area contributed by atoms with Crippen molar-refractivity contribution < 1.29 is 4.79 Å². The van der Waals surface area contributed by atoms with Gasteiger partial charge in [-0.15, -0.1) is 0 Å². The van der Waals surface area contributed by atoms with Gasteiger partial charge in [0.2, 0.25) is 0 Å². The standard InChI is InChI=1S/C19H22N4O/c1-3-23-13-15(17-5-4-11-20-18(17)23)10-12-21-19(24)22-16-8-6-14(2)7-9-16/h4-9,11,13H,3,10,12H2,1-2H3,(H2,21,22,24). The smallest absolute Gasteiger partial charge is 0.319 e. The Morgan fingerprint density at radius 2 is 2.00 bits per heavy atom. The highest BCUT2D eigenvalue weighted by molar-refractivity contribution is 5.89. The van der Waals surface area contributed by atoms with E-state index in [4.69, 9.17) is 0 Å². The van der Waals surface area contributed by atoms with Crippen LogP contribution in [0.15, 0.2) is 48.8 Å². The molecule has 0 saturated carbocycles. The van der Waals surface area contributed by atoms with Crippen LogP contribution < -0.4 is 10.6 Å². The number of carbonyl (C=O) groups excluding carboxylic acids is 1. The van der Waals surface area contributed by atoms with Crippen LogP contribution in [0, 0.1) is 6.92 Å². The average Bonchev–Trinajstić information content (AvgIpc) is 2.95. The number of amides is 2. The summed E-state index contributed by atoms with van der Waals surface area (Å²) in [5.41, 5.74) is 4.17. The first kappa shape index (κ1) is 16.1. The van der Waals surface area contributed by atoms with Gasteiger partial charge >= 0.3 is 6.03 Å². The summed E-state index contributed by atoms with van der Waals surface area (Å²) < 4.78 is 2.14. The fourth-order valence-electron chi connectivity index (χ4n) is 2.76. The molecule has 0 aliphatic heterocycles. The molecular weight excluding hydrogens is 300 g/mol. The SMILES string of the molecule is CCn1cc(CCNC(=O)Nc2ccc(C)cc2)c2cccnc21. The molecule has 24 heavy (non-hydrogen) atoms. The number of aromatic nitrogens is 2. The lowest BCUT2D eigenvalue weighted by Crippen LogP contribution is -2.30. The minimum atomic E-state index is -0.184. The van der Waals surface area contributed by atoms with Crippen LogP contribution in [0.2, 0.25) is 0 Å². The van der Waals surface area contributed by atoms with Crippen molar-refractivity contribution in [3.63, 3.8) is 0 Å². The Morgan fingerprint density at radius 1 is 1.21 bits per heavy atom. The Hall–Kier alpha value is -2.82. The topological polar surface area (TPSA) is 59.0 Å². The molecule has 0 bridgehead atoms. The van der Waals surface area contributed by atoms with Crippen molar-refractivity contribution in [1.82, 2.24) is 14.9 Å². The first-order chi connectivity index (χ1) is 11.7. The third-order valence-corrected chi connectivity index (χ3v) is 4.05. The number of anilines is 1. The largest absolute Gasteiger partial charge is 0.338 e. The van der Waals surface area contributed by atoms with Crippen LogP contribution in [0.4, 0.5) is 10.5 Å². The van der Waals surface area contributed by atoms with Crippen LogP contribution in [0.25, 0.3) is 11.0 Å². The summed E-state index contributed by atoms with van der Waals surface area (Å²) in [6.07, 6.45) is 4.71. The number of benzene rings is 1. The molecule has 2 N–H and O–H groups in total. The second kappa shape index (κ2) is 7.17. The van der Waals surface area contributed by atoms with Crippen molar-refractivity contribution in [2.24, 2.45) is 0 Å². The molecule has 2 aromatic heterocycles. The van der Waals surface area contributed by atoms with Gasteiger partial charge < -0.3 is 15.2 Å². The maximum absolute atomic E-state index is 12.0. The van der Waals surface area contributed by atoms with E-state index in [1.165, 1.54) is 11.1 Å². The van der Waals surface area contributed by atoms with E-state index < -0.39 is 0 Å². The minimum absolute atomic E-state index is 0.184. The predicted molar refractivity (Wildman–Crippen MR) is 97.3 cm³/mol. The van der Waals surface area contributed by atoms with Crippen molar-refractivity contribution in [3.8, 4) is 0 Å². The fourth-order valence-corrected chi connectivity index (χ4v) is 2.76. The molecule has 0 unspecified atom stereocenters. The van der Waals surface area contributed by atoms with Crippen molar-refractivity contribution in [3.05, 3.63) is 59.9 Å². The van der Waals surface area contributed by atoms with E-state index in [0.29, 0.717) is 6.54 Å². The number of fused-ring (bicyclic) bond motifs is 1. The summed E-state index contributed by atoms with van der Waals surface area (Å²) >= 11 is 0. The van der Waals surface area contributed by atoms with Crippen molar-refractivity contribution in [2.45, 2.75) is 26.8 Å². The van der Waals surface area contributed by atoms with Crippen LogP contribution >= 0.6 is 0 Å². The zero-order valence-corrected chi connectivity index (χ0v) is 14.0. The summed E-state index contributed by atoms with van der Waals surface area (Å²) in [7, 11) is 0. The maximum atomic E-state index is 12.0. The molecule has 0 aliphatic rings. The van der Waals surface area contributed by atoms with Gasteiger partial charge in [-0.2, -0.15) is 0 Å². The number of nitrogens with one attached hydrogen (secondary N) is 2. The van der Waals surface area contributed by atoms with E-state index >= 15 is 0 Å².